The Kier molecular flexibility index (Phi) is 5.07. The maximum atomic E-state index is 13.8. The summed E-state index contributed by atoms with van der Waals surface area (Å²) in [5, 5.41) is 8.88. The Morgan fingerprint density at radius 2 is 2.18 bits per heavy atom. The Morgan fingerprint density at radius 3 is 2.82 bits per heavy atom. The number of carbonyl (C=O) groups is 1. The van der Waals surface area contributed by atoms with E-state index in [2.05, 4.69) is 10.4 Å². The molecule has 10 heteroatoms. The van der Waals surface area contributed by atoms with Gasteiger partial charge in [0.25, 0.3) is 5.91 Å². The van der Waals surface area contributed by atoms with Crippen molar-refractivity contribution >= 4 is 34.7 Å². The summed E-state index contributed by atoms with van der Waals surface area (Å²) in [6.07, 6.45) is -1.95. The summed E-state index contributed by atoms with van der Waals surface area (Å²) in [5.41, 5.74) is -0.112. The van der Waals surface area contributed by atoms with Gasteiger partial charge in [-0.25, -0.2) is 4.68 Å². The number of piperidine rings is 1. The lowest BCUT2D eigenvalue weighted by atomic mass is 10.0. The van der Waals surface area contributed by atoms with Crippen LogP contribution in [0.2, 0.25) is 5.02 Å². The predicted octanol–water partition coefficient (Wildman–Crippen LogP) is 5.27. The lowest BCUT2D eigenvalue weighted by Gasteiger charge is -2.33. The fourth-order valence-electron chi connectivity index (χ4n) is 3.94. The van der Waals surface area contributed by atoms with E-state index < -0.39 is 24.2 Å². The lowest BCUT2D eigenvalue weighted by molar-refractivity contribution is -0.173. The molecule has 2 aliphatic rings. The third kappa shape index (κ3) is 3.39. The van der Waals surface area contributed by atoms with Gasteiger partial charge in [-0.05, 0) is 37.6 Å². The number of amides is 1. The highest BCUT2D eigenvalue weighted by Crippen LogP contribution is 2.47. The Balaban J connectivity index is 1.73. The van der Waals surface area contributed by atoms with E-state index >= 15 is 0 Å². The molecule has 0 bridgehead atoms. The quantitative estimate of drug-likeness (QED) is 0.703. The van der Waals surface area contributed by atoms with Gasteiger partial charge in [0.05, 0.1) is 6.04 Å². The molecule has 2 aliphatic heterocycles. The Bertz CT molecular complexity index is 867. The second kappa shape index (κ2) is 7.26. The normalized spacial score (nSPS) is 25.3. The highest BCUT2D eigenvalue weighted by molar-refractivity contribution is 7.10. The van der Waals surface area contributed by atoms with Crippen molar-refractivity contribution in [3.63, 3.8) is 0 Å². The average Bonchev–Trinajstić information content (AvgIpc) is 3.29. The van der Waals surface area contributed by atoms with E-state index in [1.54, 1.807) is 17.0 Å². The molecule has 0 aliphatic carbocycles. The smallest absolute Gasteiger partial charge is 0.361 e. The van der Waals surface area contributed by atoms with E-state index in [0.29, 0.717) is 6.54 Å². The molecule has 2 aromatic rings. The molecule has 152 valence electrons. The van der Waals surface area contributed by atoms with Gasteiger partial charge in [-0.2, -0.15) is 18.3 Å². The first-order valence-electron chi connectivity index (χ1n) is 9.23. The molecule has 4 heterocycles. The van der Waals surface area contributed by atoms with Crippen molar-refractivity contribution in [2.45, 2.75) is 56.9 Å². The molecule has 0 saturated carbocycles. The van der Waals surface area contributed by atoms with Crippen LogP contribution in [-0.2, 0) is 0 Å². The van der Waals surface area contributed by atoms with E-state index in [0.717, 1.165) is 28.8 Å². The summed E-state index contributed by atoms with van der Waals surface area (Å²) in [5.74, 6) is -0.351. The van der Waals surface area contributed by atoms with Gasteiger partial charge in [0, 0.05) is 23.9 Å². The summed E-state index contributed by atoms with van der Waals surface area (Å²) in [6.45, 7) is 2.50. The zero-order valence-electron chi connectivity index (χ0n) is 15.2. The number of alkyl halides is 3. The minimum absolute atomic E-state index is 0.0151. The van der Waals surface area contributed by atoms with Crippen LogP contribution in [0.1, 0.15) is 60.1 Å². The van der Waals surface area contributed by atoms with Crippen LogP contribution in [0.15, 0.2) is 17.5 Å². The molecule has 4 rings (SSSR count). The molecule has 1 N–H and O–H groups in total. The maximum absolute atomic E-state index is 13.8. The maximum Gasteiger partial charge on any atom is 0.410 e. The third-order valence-electron chi connectivity index (χ3n) is 5.45. The molecular formula is C18H20ClF3N4OS. The van der Waals surface area contributed by atoms with E-state index in [4.69, 9.17) is 11.6 Å². The number of likely N-dealkylation sites (tertiary alicyclic amines) is 1. The average molecular weight is 433 g/mol. The molecule has 0 aromatic carbocycles. The number of anilines is 1. The summed E-state index contributed by atoms with van der Waals surface area (Å²) in [4.78, 5) is 15.4. The van der Waals surface area contributed by atoms with Gasteiger partial charge in [0.1, 0.15) is 10.8 Å². The van der Waals surface area contributed by atoms with Crippen molar-refractivity contribution in [1.82, 2.24) is 14.7 Å². The highest BCUT2D eigenvalue weighted by Gasteiger charge is 2.48. The number of thiophene rings is 1. The Morgan fingerprint density at radius 1 is 1.39 bits per heavy atom. The SMILES string of the molecule is C[C@@H]1CCCCN1C(=O)c1nn2c(c1Cl)N[C@@H](c1cccs1)C[C@H]2C(F)(F)F. The second-order valence-corrected chi connectivity index (χ2v) is 8.66. The fraction of sp³-hybridized carbons (Fsp3) is 0.556. The first-order valence-corrected chi connectivity index (χ1v) is 10.5. The minimum atomic E-state index is -4.50. The van der Waals surface area contributed by atoms with Gasteiger partial charge in [-0.15, -0.1) is 11.3 Å². The van der Waals surface area contributed by atoms with Crippen LogP contribution in [0.3, 0.4) is 0 Å². The van der Waals surface area contributed by atoms with Gasteiger partial charge in [0.2, 0.25) is 0 Å². The van der Waals surface area contributed by atoms with Crippen LogP contribution in [-0.4, -0.2) is 39.4 Å². The van der Waals surface area contributed by atoms with Crippen molar-refractivity contribution in [3.8, 4) is 0 Å². The number of aromatic nitrogens is 2. The molecule has 0 unspecified atom stereocenters. The van der Waals surface area contributed by atoms with Gasteiger partial charge >= 0.3 is 6.18 Å². The number of rotatable bonds is 2. The monoisotopic (exact) mass is 432 g/mol. The van der Waals surface area contributed by atoms with Gasteiger partial charge < -0.3 is 10.2 Å². The highest BCUT2D eigenvalue weighted by atomic mass is 35.5. The molecule has 28 heavy (non-hydrogen) atoms. The van der Waals surface area contributed by atoms with Gasteiger partial charge in [0.15, 0.2) is 11.7 Å². The number of nitrogens with zero attached hydrogens (tertiary/aromatic N) is 3. The number of nitrogens with one attached hydrogen (secondary N) is 1. The van der Waals surface area contributed by atoms with Crippen molar-refractivity contribution in [1.29, 1.82) is 0 Å². The minimum Gasteiger partial charge on any atom is -0.361 e. The van der Waals surface area contributed by atoms with Crippen LogP contribution < -0.4 is 5.32 Å². The van der Waals surface area contributed by atoms with E-state index in [1.165, 1.54) is 11.3 Å². The Hall–Kier alpha value is -1.74. The number of hydrogen-bond donors (Lipinski definition) is 1. The molecule has 1 saturated heterocycles. The van der Waals surface area contributed by atoms with Crippen LogP contribution in [0.5, 0.6) is 0 Å². The summed E-state index contributed by atoms with van der Waals surface area (Å²) in [6, 6.07) is 1.22. The fourth-order valence-corrected chi connectivity index (χ4v) is 4.99. The van der Waals surface area contributed by atoms with Crippen LogP contribution >= 0.6 is 22.9 Å². The van der Waals surface area contributed by atoms with E-state index in [9.17, 15) is 18.0 Å². The second-order valence-electron chi connectivity index (χ2n) is 7.30. The molecule has 5 nitrogen and oxygen atoms in total. The number of hydrogen-bond acceptors (Lipinski definition) is 4. The zero-order chi connectivity index (χ0) is 20.1. The Labute approximate surface area is 169 Å². The van der Waals surface area contributed by atoms with Gasteiger partial charge in [-0.1, -0.05) is 17.7 Å². The number of carbonyl (C=O) groups excluding carboxylic acids is 1. The summed E-state index contributed by atoms with van der Waals surface area (Å²) < 4.78 is 42.2. The van der Waals surface area contributed by atoms with Crippen LogP contribution in [0.25, 0.3) is 0 Å². The molecule has 0 spiro atoms. The zero-order valence-corrected chi connectivity index (χ0v) is 16.7. The molecule has 2 aromatic heterocycles. The van der Waals surface area contributed by atoms with Crippen LogP contribution in [0, 0.1) is 0 Å². The van der Waals surface area contributed by atoms with E-state index in [-0.39, 0.29) is 29.0 Å². The number of halogens is 4. The van der Waals surface area contributed by atoms with E-state index in [1.807, 2.05) is 12.3 Å². The predicted molar refractivity (Wildman–Crippen MR) is 102 cm³/mol. The van der Waals surface area contributed by atoms with Crippen molar-refractivity contribution in [2.24, 2.45) is 0 Å². The molecular weight excluding hydrogens is 413 g/mol. The van der Waals surface area contributed by atoms with Crippen LogP contribution in [0.4, 0.5) is 19.0 Å². The van der Waals surface area contributed by atoms with Crippen molar-refractivity contribution in [2.75, 3.05) is 11.9 Å². The first-order chi connectivity index (χ1) is 13.3. The number of fused-ring (bicyclic) bond motifs is 1. The molecule has 1 fully saturated rings. The van der Waals surface area contributed by atoms with Crippen molar-refractivity contribution < 1.29 is 18.0 Å². The third-order valence-corrected chi connectivity index (χ3v) is 6.79. The largest absolute Gasteiger partial charge is 0.410 e. The molecule has 0 radical (unpaired) electrons. The standard InChI is InChI=1S/C18H20ClF3N4OS/c1-10-5-2-3-7-25(10)17(27)15-14(19)16-23-11(12-6-4-8-28-12)9-13(18(20,21)22)26(16)24-15/h4,6,8,10-11,13,23H,2-3,5,7,9H2,1H3/t10-,11-,13+/m1/s1. The summed E-state index contributed by atoms with van der Waals surface area (Å²) in [7, 11) is 0. The molecule has 1 amide bonds. The van der Waals surface area contributed by atoms with Gasteiger partial charge in [-0.3, -0.25) is 4.79 Å². The van der Waals surface area contributed by atoms with Crippen molar-refractivity contribution in [3.05, 3.63) is 33.1 Å². The first kappa shape index (κ1) is 19.6. The summed E-state index contributed by atoms with van der Waals surface area (Å²) >= 11 is 7.77. The lowest BCUT2D eigenvalue weighted by Crippen LogP contribution is -2.42. The topological polar surface area (TPSA) is 50.2 Å². The molecule has 3 atom stereocenters.